The highest BCUT2D eigenvalue weighted by Crippen LogP contribution is 2.09. The van der Waals surface area contributed by atoms with Crippen molar-refractivity contribution in [1.29, 1.82) is 0 Å². The van der Waals surface area contributed by atoms with Crippen molar-refractivity contribution in [3.05, 3.63) is 10.6 Å². The Balaban J connectivity index is 2.96. The van der Waals surface area contributed by atoms with Gasteiger partial charge in [-0.15, -0.1) is 0 Å². The first kappa shape index (κ1) is 10.4. The number of aromatic nitrogens is 3. The standard InChI is InChI=1S/C7H13N3O2S/c1-5(4-12-2)10-6(3-11)8-9-7(10)13/h5,11H,3-4H2,1-2H3,(H,9,13). The van der Waals surface area contributed by atoms with Crippen LogP contribution in [0.1, 0.15) is 18.8 Å². The average Bonchev–Trinajstić information content (AvgIpc) is 2.47. The number of hydrogen-bond acceptors (Lipinski definition) is 4. The number of methoxy groups -OCH3 is 1. The van der Waals surface area contributed by atoms with Gasteiger partial charge >= 0.3 is 0 Å². The lowest BCUT2D eigenvalue weighted by Crippen LogP contribution is -2.14. The highest BCUT2D eigenvalue weighted by Gasteiger charge is 2.11. The van der Waals surface area contributed by atoms with Gasteiger partial charge in [-0.2, -0.15) is 5.10 Å². The minimum atomic E-state index is -0.124. The predicted octanol–water partition coefficient (Wildman–Crippen LogP) is 0.640. The molecular weight excluding hydrogens is 190 g/mol. The zero-order chi connectivity index (χ0) is 9.84. The second-order valence-corrected chi connectivity index (χ2v) is 3.16. The Morgan fingerprint density at radius 3 is 3.00 bits per heavy atom. The molecule has 0 saturated carbocycles. The molecule has 0 aliphatic carbocycles. The first-order valence-electron chi connectivity index (χ1n) is 3.96. The van der Waals surface area contributed by atoms with Crippen LogP contribution >= 0.6 is 12.2 Å². The molecule has 0 amide bonds. The van der Waals surface area contributed by atoms with Crippen LogP contribution in [0.4, 0.5) is 0 Å². The summed E-state index contributed by atoms with van der Waals surface area (Å²) < 4.78 is 7.25. The third-order valence-electron chi connectivity index (χ3n) is 1.77. The maximum absolute atomic E-state index is 8.96. The van der Waals surface area contributed by atoms with E-state index in [1.165, 1.54) is 0 Å². The lowest BCUT2D eigenvalue weighted by molar-refractivity contribution is 0.156. The molecule has 0 saturated heterocycles. The summed E-state index contributed by atoms with van der Waals surface area (Å²) in [5, 5.41) is 15.5. The van der Waals surface area contributed by atoms with E-state index in [0.29, 0.717) is 17.2 Å². The van der Waals surface area contributed by atoms with E-state index >= 15 is 0 Å². The smallest absolute Gasteiger partial charge is 0.195 e. The Labute approximate surface area is 81.3 Å². The normalized spacial score (nSPS) is 13.2. The highest BCUT2D eigenvalue weighted by molar-refractivity contribution is 7.71. The van der Waals surface area contributed by atoms with Crippen LogP contribution in [0.25, 0.3) is 0 Å². The minimum absolute atomic E-state index is 0.0819. The first-order valence-corrected chi connectivity index (χ1v) is 4.37. The van der Waals surface area contributed by atoms with Crippen molar-refractivity contribution < 1.29 is 9.84 Å². The Morgan fingerprint density at radius 2 is 2.46 bits per heavy atom. The molecule has 0 aliphatic heterocycles. The summed E-state index contributed by atoms with van der Waals surface area (Å²) in [5.41, 5.74) is 0. The summed E-state index contributed by atoms with van der Waals surface area (Å²) in [6.07, 6.45) is 0. The number of nitrogens with zero attached hydrogens (tertiary/aromatic N) is 2. The highest BCUT2D eigenvalue weighted by atomic mass is 32.1. The van der Waals surface area contributed by atoms with Gasteiger partial charge in [0.1, 0.15) is 6.61 Å². The molecule has 1 rings (SSSR count). The van der Waals surface area contributed by atoms with Gasteiger partial charge in [0.05, 0.1) is 12.6 Å². The van der Waals surface area contributed by atoms with Crippen LogP contribution in [0.5, 0.6) is 0 Å². The number of ether oxygens (including phenoxy) is 1. The van der Waals surface area contributed by atoms with E-state index in [-0.39, 0.29) is 12.6 Å². The van der Waals surface area contributed by atoms with Crippen molar-refractivity contribution in [2.75, 3.05) is 13.7 Å². The number of aliphatic hydroxyl groups excluding tert-OH is 1. The monoisotopic (exact) mass is 203 g/mol. The third-order valence-corrected chi connectivity index (χ3v) is 2.06. The summed E-state index contributed by atoms with van der Waals surface area (Å²) in [7, 11) is 1.62. The van der Waals surface area contributed by atoms with Crippen LogP contribution in [0.2, 0.25) is 0 Å². The molecule has 1 heterocycles. The van der Waals surface area contributed by atoms with E-state index in [0.717, 1.165) is 0 Å². The lowest BCUT2D eigenvalue weighted by Gasteiger charge is -2.13. The maximum Gasteiger partial charge on any atom is 0.195 e. The van der Waals surface area contributed by atoms with Crippen molar-refractivity contribution in [2.45, 2.75) is 19.6 Å². The Kier molecular flexibility index (Phi) is 3.58. The molecule has 5 nitrogen and oxygen atoms in total. The van der Waals surface area contributed by atoms with Gasteiger partial charge < -0.3 is 9.84 Å². The summed E-state index contributed by atoms with van der Waals surface area (Å²) in [4.78, 5) is 0. The van der Waals surface area contributed by atoms with Crippen molar-refractivity contribution in [1.82, 2.24) is 14.8 Å². The zero-order valence-corrected chi connectivity index (χ0v) is 8.47. The van der Waals surface area contributed by atoms with E-state index in [9.17, 15) is 0 Å². The van der Waals surface area contributed by atoms with E-state index in [1.807, 2.05) is 6.92 Å². The third kappa shape index (κ3) is 2.15. The number of nitrogens with one attached hydrogen (secondary N) is 1. The molecule has 0 fully saturated rings. The average molecular weight is 203 g/mol. The number of rotatable bonds is 4. The molecule has 0 radical (unpaired) electrons. The summed E-state index contributed by atoms with van der Waals surface area (Å²) in [6.45, 7) is 2.37. The second-order valence-electron chi connectivity index (χ2n) is 2.78. The topological polar surface area (TPSA) is 63.1 Å². The number of hydrogen-bond donors (Lipinski definition) is 2. The van der Waals surface area contributed by atoms with Gasteiger partial charge in [0.25, 0.3) is 0 Å². The Hall–Kier alpha value is -0.720. The van der Waals surface area contributed by atoms with Gasteiger partial charge in [0, 0.05) is 7.11 Å². The molecule has 74 valence electrons. The summed E-state index contributed by atoms with van der Waals surface area (Å²) in [6, 6.07) is 0.0819. The second kappa shape index (κ2) is 4.50. The number of aromatic amines is 1. The van der Waals surface area contributed by atoms with Crippen molar-refractivity contribution in [3.8, 4) is 0 Å². The molecule has 2 N–H and O–H groups in total. The molecular formula is C7H13N3O2S. The minimum Gasteiger partial charge on any atom is -0.388 e. The lowest BCUT2D eigenvalue weighted by atomic mass is 10.3. The molecule has 0 spiro atoms. The molecule has 1 aromatic rings. The summed E-state index contributed by atoms with van der Waals surface area (Å²) in [5.74, 6) is 0.537. The fraction of sp³-hybridized carbons (Fsp3) is 0.714. The fourth-order valence-electron chi connectivity index (χ4n) is 1.22. The first-order chi connectivity index (χ1) is 6.20. The van der Waals surface area contributed by atoms with E-state index in [4.69, 9.17) is 22.1 Å². The Bertz CT molecular complexity index is 320. The SMILES string of the molecule is COCC(C)n1c(CO)n[nH]c1=S. The van der Waals surface area contributed by atoms with E-state index in [1.54, 1.807) is 11.7 Å². The largest absolute Gasteiger partial charge is 0.388 e. The van der Waals surface area contributed by atoms with Gasteiger partial charge in [0.2, 0.25) is 0 Å². The molecule has 13 heavy (non-hydrogen) atoms. The molecule has 0 aliphatic rings. The van der Waals surface area contributed by atoms with Gasteiger partial charge in [-0.25, -0.2) is 0 Å². The molecule has 1 atom stereocenters. The van der Waals surface area contributed by atoms with E-state index < -0.39 is 0 Å². The van der Waals surface area contributed by atoms with Crippen LogP contribution in [0.15, 0.2) is 0 Å². The fourth-order valence-corrected chi connectivity index (χ4v) is 1.55. The van der Waals surface area contributed by atoms with Gasteiger partial charge in [-0.3, -0.25) is 9.67 Å². The molecule has 0 bridgehead atoms. The van der Waals surface area contributed by atoms with Crippen LogP contribution in [-0.4, -0.2) is 33.6 Å². The molecule has 1 aromatic heterocycles. The maximum atomic E-state index is 8.96. The van der Waals surface area contributed by atoms with Gasteiger partial charge in [-0.05, 0) is 19.1 Å². The summed E-state index contributed by atoms with van der Waals surface area (Å²) >= 11 is 5.01. The van der Waals surface area contributed by atoms with Crippen molar-refractivity contribution >= 4 is 12.2 Å². The van der Waals surface area contributed by atoms with Crippen molar-refractivity contribution in [2.24, 2.45) is 0 Å². The quantitative estimate of drug-likeness (QED) is 0.705. The number of aliphatic hydroxyl groups is 1. The molecule has 1 unspecified atom stereocenters. The van der Waals surface area contributed by atoms with E-state index in [2.05, 4.69) is 10.2 Å². The van der Waals surface area contributed by atoms with Crippen molar-refractivity contribution in [3.63, 3.8) is 0 Å². The predicted molar refractivity (Wildman–Crippen MR) is 49.9 cm³/mol. The van der Waals surface area contributed by atoms with Gasteiger partial charge in [-0.1, -0.05) is 0 Å². The van der Waals surface area contributed by atoms with Crippen LogP contribution < -0.4 is 0 Å². The molecule has 6 heteroatoms. The Morgan fingerprint density at radius 1 is 1.77 bits per heavy atom. The van der Waals surface area contributed by atoms with Crippen LogP contribution in [0.3, 0.4) is 0 Å². The zero-order valence-electron chi connectivity index (χ0n) is 7.65. The van der Waals surface area contributed by atoms with Gasteiger partial charge in [0.15, 0.2) is 10.6 Å². The van der Waals surface area contributed by atoms with Crippen LogP contribution in [0, 0.1) is 4.77 Å². The molecule has 0 aromatic carbocycles. The number of H-pyrrole nitrogens is 1. The van der Waals surface area contributed by atoms with Crippen LogP contribution in [-0.2, 0) is 11.3 Å².